The summed E-state index contributed by atoms with van der Waals surface area (Å²) >= 11 is 1.68. The van der Waals surface area contributed by atoms with E-state index in [0.29, 0.717) is 12.6 Å². The Labute approximate surface area is 143 Å². The van der Waals surface area contributed by atoms with Crippen molar-refractivity contribution in [1.29, 1.82) is 0 Å². The smallest absolute Gasteiger partial charge is 0.238 e. The second-order valence-electron chi connectivity index (χ2n) is 5.17. The highest BCUT2D eigenvalue weighted by atomic mass is 35.5. The molecule has 4 nitrogen and oxygen atoms in total. The van der Waals surface area contributed by atoms with E-state index in [1.54, 1.807) is 11.8 Å². The van der Waals surface area contributed by atoms with Gasteiger partial charge in [0.15, 0.2) is 0 Å². The van der Waals surface area contributed by atoms with Gasteiger partial charge in [0, 0.05) is 36.3 Å². The number of rotatable bonds is 6. The van der Waals surface area contributed by atoms with E-state index in [1.165, 1.54) is 0 Å². The molecule has 0 radical (unpaired) electrons. The van der Waals surface area contributed by atoms with Gasteiger partial charge in [-0.05, 0) is 19.1 Å². The molecule has 0 saturated carbocycles. The number of piperazine rings is 1. The van der Waals surface area contributed by atoms with Crippen LogP contribution in [0, 0.1) is 0 Å². The Morgan fingerprint density at radius 1 is 1.55 bits per heavy atom. The standard InChI is InChI=1S/C16H23N3OS.ClH/c1-3-10-21-15-7-5-4-6-14(15)18-16(20)12-19-9-8-17-11-13(19)2;/h3-7,13,17H,1,8-12H2,2H3,(H,18,20);1H/t13-;/m1./s1. The highest BCUT2D eigenvalue weighted by Crippen LogP contribution is 2.26. The number of nitrogens with zero attached hydrogens (tertiary/aromatic N) is 1. The van der Waals surface area contributed by atoms with Crippen LogP contribution in [-0.4, -0.2) is 48.8 Å². The van der Waals surface area contributed by atoms with Crippen molar-refractivity contribution in [3.63, 3.8) is 0 Å². The predicted molar refractivity (Wildman–Crippen MR) is 97.1 cm³/mol. The zero-order valence-corrected chi connectivity index (χ0v) is 14.5. The fourth-order valence-corrected chi connectivity index (χ4v) is 3.08. The van der Waals surface area contributed by atoms with Crippen molar-refractivity contribution in [2.24, 2.45) is 0 Å². The molecule has 0 aliphatic carbocycles. The van der Waals surface area contributed by atoms with Crippen LogP contribution in [0.25, 0.3) is 0 Å². The molecule has 0 bridgehead atoms. The van der Waals surface area contributed by atoms with Gasteiger partial charge in [-0.1, -0.05) is 18.2 Å². The number of hydrogen-bond donors (Lipinski definition) is 2. The van der Waals surface area contributed by atoms with E-state index in [-0.39, 0.29) is 18.3 Å². The molecule has 2 rings (SSSR count). The highest BCUT2D eigenvalue weighted by molar-refractivity contribution is 7.99. The van der Waals surface area contributed by atoms with Gasteiger partial charge in [-0.25, -0.2) is 0 Å². The van der Waals surface area contributed by atoms with Gasteiger partial charge in [0.1, 0.15) is 0 Å². The molecule has 2 N–H and O–H groups in total. The van der Waals surface area contributed by atoms with E-state index in [0.717, 1.165) is 36.0 Å². The van der Waals surface area contributed by atoms with Crippen LogP contribution in [0.5, 0.6) is 0 Å². The van der Waals surface area contributed by atoms with E-state index in [2.05, 4.69) is 29.0 Å². The average molecular weight is 342 g/mol. The Kier molecular flexibility index (Phi) is 8.56. The molecule has 0 unspecified atom stereocenters. The van der Waals surface area contributed by atoms with E-state index < -0.39 is 0 Å². The minimum absolute atomic E-state index is 0. The normalized spacial score (nSPS) is 18.3. The molecule has 1 aromatic carbocycles. The minimum atomic E-state index is 0. The third-order valence-electron chi connectivity index (χ3n) is 3.50. The van der Waals surface area contributed by atoms with Crippen LogP contribution in [0.3, 0.4) is 0 Å². The molecular weight excluding hydrogens is 318 g/mol. The van der Waals surface area contributed by atoms with E-state index in [9.17, 15) is 4.79 Å². The first-order valence-electron chi connectivity index (χ1n) is 7.28. The number of carbonyl (C=O) groups is 1. The number of anilines is 1. The zero-order chi connectivity index (χ0) is 15.1. The Morgan fingerprint density at radius 2 is 2.32 bits per heavy atom. The van der Waals surface area contributed by atoms with Crippen molar-refractivity contribution in [2.75, 3.05) is 37.2 Å². The molecule has 6 heteroatoms. The van der Waals surface area contributed by atoms with E-state index in [1.807, 2.05) is 30.3 Å². The maximum Gasteiger partial charge on any atom is 0.238 e. The van der Waals surface area contributed by atoms with Crippen molar-refractivity contribution in [1.82, 2.24) is 10.2 Å². The van der Waals surface area contributed by atoms with E-state index >= 15 is 0 Å². The van der Waals surface area contributed by atoms with Gasteiger partial charge in [0.25, 0.3) is 0 Å². The zero-order valence-electron chi connectivity index (χ0n) is 12.9. The number of amides is 1. The first-order chi connectivity index (χ1) is 10.2. The van der Waals surface area contributed by atoms with Gasteiger partial charge < -0.3 is 10.6 Å². The molecule has 1 aliphatic rings. The summed E-state index contributed by atoms with van der Waals surface area (Å²) in [6, 6.07) is 8.30. The first kappa shape index (κ1) is 19.0. The first-order valence-corrected chi connectivity index (χ1v) is 8.26. The molecule has 1 saturated heterocycles. The number of carbonyl (C=O) groups excluding carboxylic acids is 1. The van der Waals surface area contributed by atoms with Gasteiger partial charge in [-0.3, -0.25) is 9.69 Å². The SMILES string of the molecule is C=CCSc1ccccc1NC(=O)CN1CCNC[C@H]1C.Cl. The summed E-state index contributed by atoms with van der Waals surface area (Å²) in [5.74, 6) is 0.886. The third-order valence-corrected chi connectivity index (χ3v) is 4.57. The quantitative estimate of drug-likeness (QED) is 0.616. The largest absolute Gasteiger partial charge is 0.324 e. The van der Waals surface area contributed by atoms with Gasteiger partial charge in [0.05, 0.1) is 12.2 Å². The summed E-state index contributed by atoms with van der Waals surface area (Å²) in [6.07, 6.45) is 1.87. The lowest BCUT2D eigenvalue weighted by atomic mass is 10.2. The van der Waals surface area contributed by atoms with Crippen molar-refractivity contribution < 1.29 is 4.79 Å². The summed E-state index contributed by atoms with van der Waals surface area (Å²) in [6.45, 7) is 9.13. The molecule has 1 heterocycles. The van der Waals surface area contributed by atoms with Crippen molar-refractivity contribution in [2.45, 2.75) is 17.9 Å². The molecule has 1 atom stereocenters. The average Bonchev–Trinajstić information content (AvgIpc) is 2.49. The van der Waals surface area contributed by atoms with Crippen LogP contribution in [0.4, 0.5) is 5.69 Å². The second-order valence-corrected chi connectivity index (χ2v) is 6.23. The summed E-state index contributed by atoms with van der Waals surface area (Å²) in [5, 5.41) is 6.36. The molecule has 22 heavy (non-hydrogen) atoms. The van der Waals surface area contributed by atoms with Crippen LogP contribution in [0.1, 0.15) is 6.92 Å². The number of thioether (sulfide) groups is 1. The number of halogens is 1. The number of benzene rings is 1. The maximum atomic E-state index is 12.2. The molecular formula is C16H24ClN3OS. The van der Waals surface area contributed by atoms with Crippen LogP contribution >= 0.6 is 24.2 Å². The fourth-order valence-electron chi connectivity index (χ4n) is 2.34. The summed E-state index contributed by atoms with van der Waals surface area (Å²) in [4.78, 5) is 15.5. The lowest BCUT2D eigenvalue weighted by Gasteiger charge is -2.33. The Bertz CT molecular complexity index is 498. The lowest BCUT2D eigenvalue weighted by molar-refractivity contribution is -0.118. The minimum Gasteiger partial charge on any atom is -0.324 e. The van der Waals surface area contributed by atoms with Crippen LogP contribution in [0.15, 0.2) is 41.8 Å². The fraction of sp³-hybridized carbons (Fsp3) is 0.438. The van der Waals surface area contributed by atoms with Gasteiger partial charge in [-0.2, -0.15) is 0 Å². The second kappa shape index (κ2) is 9.90. The third kappa shape index (κ3) is 5.65. The Morgan fingerprint density at radius 3 is 3.05 bits per heavy atom. The summed E-state index contributed by atoms with van der Waals surface area (Å²) in [5.41, 5.74) is 0.886. The predicted octanol–water partition coefficient (Wildman–Crippen LogP) is 2.62. The van der Waals surface area contributed by atoms with Crippen LogP contribution in [-0.2, 0) is 4.79 Å². The molecule has 0 spiro atoms. The highest BCUT2D eigenvalue weighted by Gasteiger charge is 2.20. The number of para-hydroxylation sites is 1. The Hall–Kier alpha value is -1.01. The van der Waals surface area contributed by atoms with Crippen LogP contribution < -0.4 is 10.6 Å². The van der Waals surface area contributed by atoms with Crippen molar-refractivity contribution >= 4 is 35.8 Å². The molecule has 122 valence electrons. The topological polar surface area (TPSA) is 44.4 Å². The van der Waals surface area contributed by atoms with Gasteiger partial charge >= 0.3 is 0 Å². The van der Waals surface area contributed by atoms with Gasteiger partial charge in [-0.15, -0.1) is 30.7 Å². The lowest BCUT2D eigenvalue weighted by Crippen LogP contribution is -2.52. The van der Waals surface area contributed by atoms with Crippen LogP contribution in [0.2, 0.25) is 0 Å². The Balaban J connectivity index is 0.00000242. The van der Waals surface area contributed by atoms with Crippen molar-refractivity contribution in [3.8, 4) is 0 Å². The molecule has 1 aromatic rings. The molecule has 0 aromatic heterocycles. The number of nitrogens with one attached hydrogen (secondary N) is 2. The van der Waals surface area contributed by atoms with Gasteiger partial charge in [0.2, 0.25) is 5.91 Å². The maximum absolute atomic E-state index is 12.2. The molecule has 1 amide bonds. The molecule has 1 aliphatic heterocycles. The van der Waals surface area contributed by atoms with E-state index in [4.69, 9.17) is 0 Å². The molecule has 1 fully saturated rings. The number of hydrogen-bond acceptors (Lipinski definition) is 4. The summed E-state index contributed by atoms with van der Waals surface area (Å²) in [7, 11) is 0. The monoisotopic (exact) mass is 341 g/mol. The van der Waals surface area contributed by atoms with Crippen molar-refractivity contribution in [3.05, 3.63) is 36.9 Å². The summed E-state index contributed by atoms with van der Waals surface area (Å²) < 4.78 is 0.